The van der Waals surface area contributed by atoms with Crippen molar-refractivity contribution in [3.8, 4) is 0 Å². The first-order valence-corrected chi connectivity index (χ1v) is 6.61. The van der Waals surface area contributed by atoms with Crippen molar-refractivity contribution in [2.24, 2.45) is 5.92 Å². The van der Waals surface area contributed by atoms with E-state index in [4.69, 9.17) is 11.6 Å². The van der Waals surface area contributed by atoms with Crippen LogP contribution in [0.5, 0.6) is 0 Å². The van der Waals surface area contributed by atoms with Crippen LogP contribution in [0.3, 0.4) is 0 Å². The quantitative estimate of drug-likeness (QED) is 0.856. The highest BCUT2D eigenvalue weighted by atomic mass is 35.5. The summed E-state index contributed by atoms with van der Waals surface area (Å²) in [4.78, 5) is 2.18. The summed E-state index contributed by atoms with van der Waals surface area (Å²) < 4.78 is 13.6. The summed E-state index contributed by atoms with van der Waals surface area (Å²) in [7, 11) is 4.12. The molecule has 1 aromatic carbocycles. The van der Waals surface area contributed by atoms with E-state index in [0.717, 1.165) is 6.54 Å². The lowest BCUT2D eigenvalue weighted by Gasteiger charge is -2.28. The molecule has 0 aliphatic rings. The van der Waals surface area contributed by atoms with Crippen molar-refractivity contribution in [3.63, 3.8) is 0 Å². The largest absolute Gasteiger partial charge is 0.311 e. The zero-order chi connectivity index (χ0) is 13.7. The molecule has 18 heavy (non-hydrogen) atoms. The molecule has 2 nitrogen and oxygen atoms in total. The highest BCUT2D eigenvalue weighted by molar-refractivity contribution is 6.31. The maximum absolute atomic E-state index is 13.6. The number of halogens is 2. The Hall–Kier alpha value is -0.640. The maximum Gasteiger partial charge on any atom is 0.129 e. The van der Waals surface area contributed by atoms with Gasteiger partial charge in [-0.05, 0) is 32.1 Å². The van der Waals surface area contributed by atoms with Crippen LogP contribution in [0.15, 0.2) is 18.2 Å². The summed E-state index contributed by atoms with van der Waals surface area (Å²) in [5, 5.41) is 3.76. The standard InChI is InChI=1S/C14H22ClFN2/c1-10(2)14(18(3)4)9-17-8-11-12(15)6-5-7-13(11)16/h5-7,10,14,17H,8-9H2,1-4H3. The summed E-state index contributed by atoms with van der Waals surface area (Å²) in [5.41, 5.74) is 0.542. The highest BCUT2D eigenvalue weighted by Gasteiger charge is 2.15. The first-order valence-electron chi connectivity index (χ1n) is 6.23. The number of hydrogen-bond donors (Lipinski definition) is 1. The number of nitrogens with zero attached hydrogens (tertiary/aromatic N) is 1. The molecule has 0 saturated carbocycles. The van der Waals surface area contributed by atoms with Crippen LogP contribution in [-0.4, -0.2) is 31.6 Å². The van der Waals surface area contributed by atoms with Gasteiger partial charge in [-0.25, -0.2) is 4.39 Å². The third-order valence-electron chi connectivity index (χ3n) is 3.15. The summed E-state index contributed by atoms with van der Waals surface area (Å²) in [5.74, 6) is 0.296. The molecule has 1 rings (SSSR count). The Morgan fingerprint density at radius 3 is 2.50 bits per heavy atom. The smallest absolute Gasteiger partial charge is 0.129 e. The molecule has 0 saturated heterocycles. The van der Waals surface area contributed by atoms with Crippen molar-refractivity contribution in [2.75, 3.05) is 20.6 Å². The van der Waals surface area contributed by atoms with Gasteiger partial charge in [-0.15, -0.1) is 0 Å². The number of likely N-dealkylation sites (N-methyl/N-ethyl adjacent to an activating group) is 1. The van der Waals surface area contributed by atoms with Crippen molar-refractivity contribution in [2.45, 2.75) is 26.4 Å². The Morgan fingerprint density at radius 2 is 2.00 bits per heavy atom. The van der Waals surface area contributed by atoms with Gasteiger partial charge in [-0.1, -0.05) is 31.5 Å². The monoisotopic (exact) mass is 272 g/mol. The molecule has 0 radical (unpaired) electrons. The zero-order valence-corrected chi connectivity index (χ0v) is 12.3. The summed E-state index contributed by atoms with van der Waals surface area (Å²) in [6.45, 7) is 5.64. The number of benzene rings is 1. The third-order valence-corrected chi connectivity index (χ3v) is 3.50. The molecule has 0 spiro atoms. The van der Waals surface area contributed by atoms with Crippen LogP contribution in [-0.2, 0) is 6.54 Å². The van der Waals surface area contributed by atoms with Gasteiger partial charge >= 0.3 is 0 Å². The van der Waals surface area contributed by atoms with E-state index in [1.807, 2.05) is 0 Å². The van der Waals surface area contributed by atoms with Crippen LogP contribution in [0.1, 0.15) is 19.4 Å². The minimum Gasteiger partial charge on any atom is -0.311 e. The van der Waals surface area contributed by atoms with Gasteiger partial charge in [0.15, 0.2) is 0 Å². The van der Waals surface area contributed by atoms with Gasteiger partial charge in [0.1, 0.15) is 5.82 Å². The minimum atomic E-state index is -0.249. The Balaban J connectivity index is 2.55. The molecule has 0 fully saturated rings. The molecule has 0 bridgehead atoms. The van der Waals surface area contributed by atoms with E-state index in [-0.39, 0.29) is 5.82 Å². The van der Waals surface area contributed by atoms with Crippen molar-refractivity contribution in [1.82, 2.24) is 10.2 Å². The number of hydrogen-bond acceptors (Lipinski definition) is 2. The van der Waals surface area contributed by atoms with Crippen LogP contribution in [0.25, 0.3) is 0 Å². The SMILES string of the molecule is CC(C)C(CNCc1c(F)cccc1Cl)N(C)C. The number of nitrogens with one attached hydrogen (secondary N) is 1. The second-order valence-electron chi connectivity index (χ2n) is 5.11. The molecule has 1 aromatic rings. The van der Waals surface area contributed by atoms with Crippen LogP contribution < -0.4 is 5.32 Å². The van der Waals surface area contributed by atoms with Crippen molar-refractivity contribution >= 4 is 11.6 Å². The van der Waals surface area contributed by atoms with Crippen molar-refractivity contribution < 1.29 is 4.39 Å². The van der Waals surface area contributed by atoms with Gasteiger partial charge in [-0.3, -0.25) is 0 Å². The minimum absolute atomic E-state index is 0.249. The lowest BCUT2D eigenvalue weighted by molar-refractivity contribution is 0.224. The van der Waals surface area contributed by atoms with Gasteiger partial charge in [0.2, 0.25) is 0 Å². The third kappa shape index (κ3) is 4.23. The lowest BCUT2D eigenvalue weighted by Crippen LogP contribution is -2.41. The van der Waals surface area contributed by atoms with E-state index in [1.54, 1.807) is 12.1 Å². The average molecular weight is 273 g/mol. The average Bonchev–Trinajstić information content (AvgIpc) is 2.26. The van der Waals surface area contributed by atoms with Gasteiger partial charge < -0.3 is 10.2 Å². The topological polar surface area (TPSA) is 15.3 Å². The van der Waals surface area contributed by atoms with Crippen molar-refractivity contribution in [3.05, 3.63) is 34.6 Å². The Kier molecular flexibility index (Phi) is 6.06. The molecular weight excluding hydrogens is 251 g/mol. The first kappa shape index (κ1) is 15.4. The Morgan fingerprint density at radius 1 is 1.33 bits per heavy atom. The van der Waals surface area contributed by atoms with Crippen LogP contribution in [0, 0.1) is 11.7 Å². The first-order chi connectivity index (χ1) is 8.43. The van der Waals surface area contributed by atoms with Gasteiger partial charge in [0.05, 0.1) is 0 Å². The van der Waals surface area contributed by atoms with Gasteiger partial charge in [0.25, 0.3) is 0 Å². The predicted molar refractivity (Wildman–Crippen MR) is 75.4 cm³/mol. The van der Waals surface area contributed by atoms with E-state index >= 15 is 0 Å². The molecule has 0 aliphatic heterocycles. The molecule has 102 valence electrons. The molecule has 0 amide bonds. The zero-order valence-electron chi connectivity index (χ0n) is 11.5. The molecule has 1 N–H and O–H groups in total. The van der Waals surface area contributed by atoms with E-state index in [1.165, 1.54) is 6.07 Å². The van der Waals surface area contributed by atoms with Crippen LogP contribution in [0.2, 0.25) is 5.02 Å². The normalized spacial score (nSPS) is 13.3. The van der Waals surface area contributed by atoms with Gasteiger partial charge in [0, 0.05) is 29.7 Å². The van der Waals surface area contributed by atoms with E-state index in [0.29, 0.717) is 29.1 Å². The molecule has 4 heteroatoms. The molecule has 0 heterocycles. The maximum atomic E-state index is 13.6. The molecular formula is C14H22ClFN2. The fourth-order valence-electron chi connectivity index (χ4n) is 2.06. The Bertz CT molecular complexity index is 352. The fourth-order valence-corrected chi connectivity index (χ4v) is 2.29. The summed E-state index contributed by atoms with van der Waals surface area (Å²) >= 11 is 5.98. The summed E-state index contributed by atoms with van der Waals surface area (Å²) in [6.07, 6.45) is 0. The van der Waals surface area contributed by atoms with E-state index in [9.17, 15) is 4.39 Å². The second kappa shape index (κ2) is 7.07. The second-order valence-corrected chi connectivity index (χ2v) is 5.51. The van der Waals surface area contributed by atoms with Crippen LogP contribution >= 0.6 is 11.6 Å². The van der Waals surface area contributed by atoms with E-state index in [2.05, 4.69) is 38.2 Å². The van der Waals surface area contributed by atoms with Crippen LogP contribution in [0.4, 0.5) is 4.39 Å². The Labute approximate surface area is 114 Å². The van der Waals surface area contributed by atoms with E-state index < -0.39 is 0 Å². The molecule has 1 unspecified atom stereocenters. The van der Waals surface area contributed by atoms with Crippen molar-refractivity contribution in [1.29, 1.82) is 0 Å². The fraction of sp³-hybridized carbons (Fsp3) is 0.571. The molecule has 0 aliphatic carbocycles. The van der Waals surface area contributed by atoms with Gasteiger partial charge in [-0.2, -0.15) is 0 Å². The number of rotatable bonds is 6. The molecule has 1 atom stereocenters. The highest BCUT2D eigenvalue weighted by Crippen LogP contribution is 2.18. The lowest BCUT2D eigenvalue weighted by atomic mass is 10.0. The molecule has 0 aromatic heterocycles. The summed E-state index contributed by atoms with van der Waals surface area (Å²) in [6, 6.07) is 5.20. The predicted octanol–water partition coefficient (Wildman–Crippen LogP) is 3.15.